The molecule has 4 saturated carbocycles. The molecule has 34 heavy (non-hydrogen) atoms. The van der Waals surface area contributed by atoms with Crippen LogP contribution in [0.5, 0.6) is 0 Å². The Morgan fingerprint density at radius 1 is 1.15 bits per heavy atom. The highest BCUT2D eigenvalue weighted by atomic mass is 19.1. The molecule has 8 atom stereocenters. The highest BCUT2D eigenvalue weighted by Crippen LogP contribution is 2.69. The molecule has 4 fully saturated rings. The van der Waals surface area contributed by atoms with Crippen LogP contribution in [0, 0.1) is 34.5 Å². The molecule has 186 valence electrons. The number of fused-ring (bicyclic) bond motifs is 5. The molecular weight excluding hydrogens is 442 g/mol. The van der Waals surface area contributed by atoms with E-state index in [1.54, 1.807) is 6.92 Å². The summed E-state index contributed by atoms with van der Waals surface area (Å²) in [7, 11) is 0. The number of alkyl halides is 2. The molecule has 1 N–H and O–H groups in total. The van der Waals surface area contributed by atoms with Gasteiger partial charge < -0.3 is 9.84 Å². The van der Waals surface area contributed by atoms with E-state index in [1.165, 1.54) is 18.2 Å². The zero-order chi connectivity index (χ0) is 24.5. The van der Waals surface area contributed by atoms with Crippen molar-refractivity contribution in [1.29, 1.82) is 0 Å². The molecule has 0 heterocycles. The Hall–Kier alpha value is -1.89. The maximum Gasteiger partial charge on any atom is 0.309 e. The van der Waals surface area contributed by atoms with E-state index >= 15 is 8.78 Å². The van der Waals surface area contributed by atoms with Crippen LogP contribution in [0.3, 0.4) is 0 Å². The summed E-state index contributed by atoms with van der Waals surface area (Å²) in [6.45, 7) is 3.17. The molecule has 0 aliphatic heterocycles. The van der Waals surface area contributed by atoms with Gasteiger partial charge in [0.1, 0.15) is 12.8 Å². The van der Waals surface area contributed by atoms with Gasteiger partial charge in [0.15, 0.2) is 17.2 Å². The van der Waals surface area contributed by atoms with E-state index in [4.69, 9.17) is 4.74 Å². The number of hydrogen-bond acceptors (Lipinski definition) is 5. The first-order valence-electron chi connectivity index (χ1n) is 12.7. The molecule has 0 amide bonds. The van der Waals surface area contributed by atoms with Crippen LogP contribution in [0.2, 0.25) is 0 Å². The molecule has 5 nitrogen and oxygen atoms in total. The van der Waals surface area contributed by atoms with E-state index in [2.05, 4.69) is 0 Å². The number of ether oxygens (including phenoxy) is 1. The molecular formula is C27H34F2O5. The van der Waals surface area contributed by atoms with Crippen molar-refractivity contribution in [2.75, 3.05) is 6.61 Å². The number of hydrogen-bond donors (Lipinski definition) is 1. The number of Topliss-reactive ketones (excluding diaryl/α,β-unsaturated/α-hetero) is 1. The Balaban J connectivity index is 1.38. The van der Waals surface area contributed by atoms with Crippen LogP contribution in [0.15, 0.2) is 23.8 Å². The average molecular weight is 477 g/mol. The summed E-state index contributed by atoms with van der Waals surface area (Å²) in [5.41, 5.74) is -4.15. The van der Waals surface area contributed by atoms with E-state index in [1.807, 2.05) is 6.92 Å². The van der Waals surface area contributed by atoms with Crippen LogP contribution in [-0.4, -0.2) is 47.2 Å². The summed E-state index contributed by atoms with van der Waals surface area (Å²) in [6, 6.07) is 0. The highest BCUT2D eigenvalue weighted by molar-refractivity contribution is 6.01. The van der Waals surface area contributed by atoms with Crippen molar-refractivity contribution < 1.29 is 33.0 Å². The normalized spacial score (nSPS) is 45.9. The summed E-state index contributed by atoms with van der Waals surface area (Å²) in [4.78, 5) is 37.4. The van der Waals surface area contributed by atoms with Gasteiger partial charge >= 0.3 is 5.97 Å². The summed E-state index contributed by atoms with van der Waals surface area (Å²) in [6.07, 6.45) is 5.57. The quantitative estimate of drug-likeness (QED) is 0.615. The van der Waals surface area contributed by atoms with Crippen LogP contribution < -0.4 is 0 Å². The van der Waals surface area contributed by atoms with Gasteiger partial charge in [0.2, 0.25) is 0 Å². The van der Waals surface area contributed by atoms with Gasteiger partial charge in [-0.15, -0.1) is 0 Å². The average Bonchev–Trinajstić information content (AvgIpc) is 3.44. The first-order valence-corrected chi connectivity index (χ1v) is 12.7. The van der Waals surface area contributed by atoms with Crippen molar-refractivity contribution in [1.82, 2.24) is 0 Å². The van der Waals surface area contributed by atoms with Crippen molar-refractivity contribution in [3.63, 3.8) is 0 Å². The smallest absolute Gasteiger partial charge is 0.309 e. The van der Waals surface area contributed by atoms with Crippen LogP contribution in [-0.2, 0) is 19.1 Å². The number of aliphatic hydroxyl groups excluding tert-OH is 1. The van der Waals surface area contributed by atoms with Crippen LogP contribution in [0.1, 0.15) is 65.2 Å². The second-order valence-electron chi connectivity index (χ2n) is 11.6. The first-order chi connectivity index (χ1) is 16.0. The lowest BCUT2D eigenvalue weighted by atomic mass is 9.45. The van der Waals surface area contributed by atoms with Crippen molar-refractivity contribution in [2.45, 2.75) is 83.2 Å². The molecule has 0 spiro atoms. The van der Waals surface area contributed by atoms with Crippen LogP contribution in [0.4, 0.5) is 8.78 Å². The molecule has 5 aliphatic carbocycles. The SMILES string of the molecule is C[C@]12C[C@H](O)[C@@]3(F)[C@@H](C[C@H](F)C4=CC(=O)C=C[C@@]43C)C1CC[C@@H]2C(=O)COC(=O)C1CCCC1. The largest absolute Gasteiger partial charge is 0.457 e. The number of esters is 1. The fourth-order valence-corrected chi connectivity index (χ4v) is 8.25. The molecule has 5 rings (SSSR count). The summed E-state index contributed by atoms with van der Waals surface area (Å²) >= 11 is 0. The Labute approximate surface area is 199 Å². The number of ketones is 2. The predicted octanol–water partition coefficient (Wildman–Crippen LogP) is 4.22. The van der Waals surface area contributed by atoms with E-state index in [0.29, 0.717) is 12.8 Å². The third-order valence-corrected chi connectivity index (χ3v) is 10.1. The molecule has 0 aromatic heterocycles. The van der Waals surface area contributed by atoms with Crippen LogP contribution in [0.25, 0.3) is 0 Å². The van der Waals surface area contributed by atoms with Gasteiger partial charge in [0.05, 0.1) is 12.0 Å². The van der Waals surface area contributed by atoms with E-state index in [-0.39, 0.29) is 54.4 Å². The lowest BCUT2D eigenvalue weighted by Crippen LogP contribution is -2.68. The fraction of sp³-hybridized carbons (Fsp3) is 0.741. The lowest BCUT2D eigenvalue weighted by Gasteiger charge is -2.62. The molecule has 7 heteroatoms. The van der Waals surface area contributed by atoms with E-state index < -0.39 is 40.6 Å². The van der Waals surface area contributed by atoms with E-state index in [9.17, 15) is 19.5 Å². The first kappa shape index (κ1) is 23.8. The van der Waals surface area contributed by atoms with Gasteiger partial charge in [-0.3, -0.25) is 14.4 Å². The van der Waals surface area contributed by atoms with Gasteiger partial charge in [-0.25, -0.2) is 8.78 Å². The third kappa shape index (κ3) is 3.21. The minimum atomic E-state index is -2.13. The Bertz CT molecular complexity index is 968. The molecule has 0 bridgehead atoms. The number of rotatable bonds is 4. The van der Waals surface area contributed by atoms with Crippen molar-refractivity contribution in [3.8, 4) is 0 Å². The third-order valence-electron chi connectivity index (χ3n) is 10.1. The van der Waals surface area contributed by atoms with Gasteiger partial charge in [0, 0.05) is 17.3 Å². The number of halogens is 2. The van der Waals surface area contributed by atoms with Crippen molar-refractivity contribution >= 4 is 17.5 Å². The maximum atomic E-state index is 17.0. The molecule has 5 aliphatic rings. The molecule has 0 saturated heterocycles. The summed E-state index contributed by atoms with van der Waals surface area (Å²) in [5.74, 6) is -2.57. The number of carbonyl (C=O) groups excluding carboxylic acids is 3. The molecule has 0 aromatic carbocycles. The predicted molar refractivity (Wildman–Crippen MR) is 120 cm³/mol. The topological polar surface area (TPSA) is 80.7 Å². The van der Waals surface area contributed by atoms with Gasteiger partial charge in [-0.2, -0.15) is 0 Å². The number of carbonyl (C=O) groups is 3. The number of allylic oxidation sites excluding steroid dienone is 4. The minimum absolute atomic E-state index is 0.0687. The zero-order valence-electron chi connectivity index (χ0n) is 19.9. The maximum absolute atomic E-state index is 17.0. The van der Waals surface area contributed by atoms with Gasteiger partial charge in [0.25, 0.3) is 0 Å². The lowest BCUT2D eigenvalue weighted by molar-refractivity contribution is -0.202. The molecule has 1 unspecified atom stereocenters. The second-order valence-corrected chi connectivity index (χ2v) is 11.6. The van der Waals surface area contributed by atoms with Crippen molar-refractivity contribution in [2.24, 2.45) is 34.5 Å². The Kier molecular flexibility index (Phi) is 5.66. The summed E-state index contributed by atoms with van der Waals surface area (Å²) in [5, 5.41) is 11.3. The standard InChI is InChI=1S/C27H34F2O5/c1-25-13-23(32)27(29)19(12-21(28)20-11-16(30)9-10-26(20,27)2)17(25)7-8-18(25)22(31)14-34-24(33)15-5-3-4-6-15/h9-11,15,17-19,21,23,32H,3-8,12-14H2,1-2H3/t17?,18-,19+,21+,23+,25+,26+,27+/m1/s1. The van der Waals surface area contributed by atoms with E-state index in [0.717, 1.165) is 25.7 Å². The van der Waals surface area contributed by atoms with Crippen molar-refractivity contribution in [3.05, 3.63) is 23.8 Å². The zero-order valence-corrected chi connectivity index (χ0v) is 19.9. The fourth-order valence-electron chi connectivity index (χ4n) is 8.25. The molecule has 0 aromatic rings. The summed E-state index contributed by atoms with van der Waals surface area (Å²) < 4.78 is 37.8. The highest BCUT2D eigenvalue weighted by Gasteiger charge is 2.72. The van der Waals surface area contributed by atoms with Gasteiger partial charge in [-0.1, -0.05) is 25.8 Å². The minimum Gasteiger partial charge on any atom is -0.457 e. The van der Waals surface area contributed by atoms with Gasteiger partial charge in [-0.05, 0) is 74.5 Å². The Morgan fingerprint density at radius 3 is 2.56 bits per heavy atom. The second kappa shape index (κ2) is 8.07. The Morgan fingerprint density at radius 2 is 1.85 bits per heavy atom. The number of aliphatic hydroxyl groups is 1. The monoisotopic (exact) mass is 476 g/mol. The van der Waals surface area contributed by atoms with Crippen LogP contribution >= 0.6 is 0 Å². The molecule has 0 radical (unpaired) electrons.